The van der Waals surface area contributed by atoms with Gasteiger partial charge in [-0.05, 0) is 18.4 Å². The van der Waals surface area contributed by atoms with Crippen molar-refractivity contribution in [1.82, 2.24) is 0 Å². The molecule has 26 heavy (non-hydrogen) atoms. The van der Waals surface area contributed by atoms with Gasteiger partial charge >= 0.3 is 5.97 Å². The third-order valence-corrected chi connectivity index (χ3v) is 5.12. The standard InChI is InChI=1S/C22H38O4/c1-3-4-5-6-7-8-9-10-11-12-13-14-15-16-18(2)20-21(24)19(17-23)26-22(20)25/h19,23-24H,2-17H2,1H3. The zero-order chi connectivity index (χ0) is 19.2. The van der Waals surface area contributed by atoms with E-state index in [2.05, 4.69) is 13.5 Å². The van der Waals surface area contributed by atoms with Crippen LogP contribution in [0.3, 0.4) is 0 Å². The van der Waals surface area contributed by atoms with Gasteiger partial charge in [-0.1, -0.05) is 90.6 Å². The Bertz CT molecular complexity index is 453. The van der Waals surface area contributed by atoms with E-state index in [0.29, 0.717) is 12.0 Å². The number of aliphatic hydroxyl groups excluding tert-OH is 2. The number of hydrogen-bond donors (Lipinski definition) is 2. The number of carbonyl (C=O) groups is 1. The molecule has 0 bridgehead atoms. The van der Waals surface area contributed by atoms with Crippen molar-refractivity contribution in [3.8, 4) is 0 Å². The molecule has 150 valence electrons. The molecule has 0 aliphatic carbocycles. The van der Waals surface area contributed by atoms with E-state index < -0.39 is 18.7 Å². The molecule has 1 aliphatic rings. The molecule has 1 aliphatic heterocycles. The molecule has 0 aromatic heterocycles. The molecular formula is C22H38O4. The van der Waals surface area contributed by atoms with Crippen LogP contribution >= 0.6 is 0 Å². The van der Waals surface area contributed by atoms with Gasteiger partial charge in [0.25, 0.3) is 0 Å². The Morgan fingerprint density at radius 2 is 1.38 bits per heavy atom. The number of cyclic esters (lactones) is 1. The Balaban J connectivity index is 1.98. The molecule has 0 saturated heterocycles. The van der Waals surface area contributed by atoms with E-state index in [9.17, 15) is 9.90 Å². The first-order chi connectivity index (χ1) is 12.6. The highest BCUT2D eigenvalue weighted by atomic mass is 16.6. The maximum absolute atomic E-state index is 11.7. The first-order valence-electron chi connectivity index (χ1n) is 10.5. The summed E-state index contributed by atoms with van der Waals surface area (Å²) < 4.78 is 4.90. The summed E-state index contributed by atoms with van der Waals surface area (Å²) in [4.78, 5) is 11.7. The number of unbranched alkanes of at least 4 members (excludes halogenated alkanes) is 12. The van der Waals surface area contributed by atoms with Gasteiger partial charge in [0, 0.05) is 0 Å². The highest BCUT2D eigenvalue weighted by molar-refractivity contribution is 5.96. The second-order valence-corrected chi connectivity index (χ2v) is 7.43. The molecule has 0 aromatic rings. The number of rotatable bonds is 16. The highest BCUT2D eigenvalue weighted by Gasteiger charge is 2.34. The summed E-state index contributed by atoms with van der Waals surface area (Å²) in [5.41, 5.74) is 0.787. The number of hydrogen-bond acceptors (Lipinski definition) is 4. The second kappa shape index (κ2) is 13.9. The van der Waals surface area contributed by atoms with Crippen LogP contribution in [0.15, 0.2) is 23.5 Å². The Labute approximate surface area is 159 Å². The van der Waals surface area contributed by atoms with E-state index >= 15 is 0 Å². The van der Waals surface area contributed by atoms with Gasteiger partial charge in [-0.3, -0.25) is 0 Å². The van der Waals surface area contributed by atoms with E-state index in [-0.39, 0.29) is 11.3 Å². The topological polar surface area (TPSA) is 66.8 Å². The fourth-order valence-electron chi connectivity index (χ4n) is 3.44. The lowest BCUT2D eigenvalue weighted by Crippen LogP contribution is -2.15. The van der Waals surface area contributed by atoms with Gasteiger partial charge < -0.3 is 14.9 Å². The summed E-state index contributed by atoms with van der Waals surface area (Å²) in [5, 5.41) is 19.0. The molecule has 0 radical (unpaired) electrons. The largest absolute Gasteiger partial charge is 0.507 e. The van der Waals surface area contributed by atoms with Crippen molar-refractivity contribution in [1.29, 1.82) is 0 Å². The Morgan fingerprint density at radius 3 is 1.81 bits per heavy atom. The van der Waals surface area contributed by atoms with Crippen LogP contribution in [-0.4, -0.2) is 28.9 Å². The summed E-state index contributed by atoms with van der Waals surface area (Å²) in [7, 11) is 0. The lowest BCUT2D eigenvalue weighted by Gasteiger charge is -2.06. The minimum atomic E-state index is -0.916. The summed E-state index contributed by atoms with van der Waals surface area (Å²) in [6.45, 7) is 5.76. The first kappa shape index (κ1) is 22.8. The summed E-state index contributed by atoms with van der Waals surface area (Å²) >= 11 is 0. The van der Waals surface area contributed by atoms with E-state index in [1.807, 2.05) is 0 Å². The monoisotopic (exact) mass is 366 g/mol. The average Bonchev–Trinajstić information content (AvgIpc) is 2.92. The fourth-order valence-corrected chi connectivity index (χ4v) is 3.44. The predicted octanol–water partition coefficient (Wildman–Crippen LogP) is 5.75. The quantitative estimate of drug-likeness (QED) is 0.269. The zero-order valence-electron chi connectivity index (χ0n) is 16.6. The third kappa shape index (κ3) is 8.39. The van der Waals surface area contributed by atoms with Crippen molar-refractivity contribution >= 4 is 5.97 Å². The van der Waals surface area contributed by atoms with Gasteiger partial charge in [0.1, 0.15) is 5.57 Å². The SMILES string of the molecule is C=C(CCCCCCCCCCCCCCC)C1=C(O)C(CO)OC1=O. The second-order valence-electron chi connectivity index (χ2n) is 7.43. The first-order valence-corrected chi connectivity index (χ1v) is 10.5. The number of ether oxygens (including phenoxy) is 1. The Morgan fingerprint density at radius 1 is 0.923 bits per heavy atom. The van der Waals surface area contributed by atoms with Crippen LogP contribution in [0.4, 0.5) is 0 Å². The van der Waals surface area contributed by atoms with Crippen molar-refractivity contribution in [3.05, 3.63) is 23.5 Å². The van der Waals surface area contributed by atoms with Crippen molar-refractivity contribution in [3.63, 3.8) is 0 Å². The van der Waals surface area contributed by atoms with Gasteiger partial charge in [0.05, 0.1) is 6.61 Å². The molecule has 2 N–H and O–H groups in total. The Hall–Kier alpha value is -1.29. The number of aliphatic hydroxyl groups is 2. The molecule has 0 amide bonds. The maximum atomic E-state index is 11.7. The van der Waals surface area contributed by atoms with Crippen LogP contribution in [0, 0.1) is 0 Å². The van der Waals surface area contributed by atoms with Gasteiger partial charge in [0.15, 0.2) is 11.9 Å². The molecule has 1 atom stereocenters. The molecule has 0 fully saturated rings. The van der Waals surface area contributed by atoms with E-state index in [1.54, 1.807) is 0 Å². The van der Waals surface area contributed by atoms with Crippen LogP contribution in [0.25, 0.3) is 0 Å². The smallest absolute Gasteiger partial charge is 0.342 e. The van der Waals surface area contributed by atoms with Crippen molar-refractivity contribution in [2.75, 3.05) is 6.61 Å². The molecule has 4 nitrogen and oxygen atoms in total. The molecular weight excluding hydrogens is 328 g/mol. The van der Waals surface area contributed by atoms with Crippen molar-refractivity contribution < 1.29 is 19.7 Å². The van der Waals surface area contributed by atoms with Gasteiger partial charge in [-0.2, -0.15) is 0 Å². The maximum Gasteiger partial charge on any atom is 0.342 e. The normalized spacial score (nSPS) is 17.0. The molecule has 1 heterocycles. The fraction of sp³-hybridized carbons (Fsp3) is 0.773. The summed E-state index contributed by atoms with van der Waals surface area (Å²) in [5.74, 6) is -0.738. The summed E-state index contributed by atoms with van der Waals surface area (Å²) in [6, 6.07) is 0. The third-order valence-electron chi connectivity index (χ3n) is 5.12. The van der Waals surface area contributed by atoms with E-state index in [4.69, 9.17) is 9.84 Å². The van der Waals surface area contributed by atoms with Crippen molar-refractivity contribution in [2.45, 2.75) is 103 Å². The van der Waals surface area contributed by atoms with Crippen LogP contribution in [0.2, 0.25) is 0 Å². The van der Waals surface area contributed by atoms with Crippen LogP contribution < -0.4 is 0 Å². The Kier molecular flexibility index (Phi) is 12.1. The number of carbonyl (C=O) groups excluding carboxylic acids is 1. The van der Waals surface area contributed by atoms with Gasteiger partial charge in [0.2, 0.25) is 0 Å². The van der Waals surface area contributed by atoms with E-state index in [0.717, 1.165) is 12.8 Å². The highest BCUT2D eigenvalue weighted by Crippen LogP contribution is 2.28. The lowest BCUT2D eigenvalue weighted by atomic mass is 9.99. The molecule has 4 heteroatoms. The minimum Gasteiger partial charge on any atom is -0.507 e. The van der Waals surface area contributed by atoms with Crippen LogP contribution in [0.5, 0.6) is 0 Å². The predicted molar refractivity (Wildman–Crippen MR) is 106 cm³/mol. The molecule has 1 rings (SSSR count). The molecule has 0 aromatic carbocycles. The minimum absolute atomic E-state index is 0.169. The molecule has 0 saturated carbocycles. The lowest BCUT2D eigenvalue weighted by molar-refractivity contribution is -0.141. The average molecular weight is 367 g/mol. The van der Waals surface area contributed by atoms with Crippen LogP contribution in [0.1, 0.15) is 96.8 Å². The molecule has 1 unspecified atom stereocenters. The summed E-state index contributed by atoms with van der Waals surface area (Å²) in [6.07, 6.45) is 16.6. The number of esters is 1. The van der Waals surface area contributed by atoms with Crippen molar-refractivity contribution in [2.24, 2.45) is 0 Å². The van der Waals surface area contributed by atoms with Gasteiger partial charge in [-0.15, -0.1) is 0 Å². The molecule has 0 spiro atoms. The van der Waals surface area contributed by atoms with Gasteiger partial charge in [-0.25, -0.2) is 4.79 Å². The van der Waals surface area contributed by atoms with Crippen LogP contribution in [-0.2, 0) is 9.53 Å². The zero-order valence-corrected chi connectivity index (χ0v) is 16.6. The van der Waals surface area contributed by atoms with E-state index in [1.165, 1.54) is 70.6 Å².